The molecule has 0 unspecified atom stereocenters. The molecular weight excluding hydrogens is 333 g/mol. The predicted octanol–water partition coefficient (Wildman–Crippen LogP) is 3.60. The lowest BCUT2D eigenvalue weighted by atomic mass is 10.1. The molecule has 0 saturated carbocycles. The molecule has 0 aromatic heterocycles. The molecule has 1 fully saturated rings. The molecule has 1 aliphatic rings. The van der Waals surface area contributed by atoms with Crippen molar-refractivity contribution in [1.82, 2.24) is 9.80 Å². The highest BCUT2D eigenvalue weighted by molar-refractivity contribution is 9.10. The van der Waals surface area contributed by atoms with Crippen LogP contribution in [0, 0.1) is 0 Å². The van der Waals surface area contributed by atoms with E-state index in [0.717, 1.165) is 4.47 Å². The number of nitrogens with zero attached hydrogens (tertiary/aromatic N) is 2. The van der Waals surface area contributed by atoms with E-state index in [2.05, 4.69) is 15.9 Å². The SMILES string of the molecule is CN1CCN(/C(=C/c2ccc(Br)cc2)C(F)(F)F)CC1. The Balaban J connectivity index is 2.26. The highest BCUT2D eigenvalue weighted by Crippen LogP contribution is 2.31. The van der Waals surface area contributed by atoms with Crippen LogP contribution in [0.1, 0.15) is 5.56 Å². The molecule has 0 spiro atoms. The van der Waals surface area contributed by atoms with Crippen molar-refractivity contribution in [3.8, 4) is 0 Å². The summed E-state index contributed by atoms with van der Waals surface area (Å²) in [6.45, 7) is 2.10. The molecule has 2 rings (SSSR count). The van der Waals surface area contributed by atoms with Gasteiger partial charge < -0.3 is 9.80 Å². The molecule has 0 aliphatic carbocycles. The molecule has 1 heterocycles. The summed E-state index contributed by atoms with van der Waals surface area (Å²) < 4.78 is 40.6. The van der Waals surface area contributed by atoms with Crippen LogP contribution in [0.2, 0.25) is 0 Å². The minimum Gasteiger partial charge on any atom is -0.365 e. The van der Waals surface area contributed by atoms with E-state index in [1.54, 1.807) is 24.3 Å². The number of halogens is 4. The molecule has 1 aromatic carbocycles. The van der Waals surface area contributed by atoms with Gasteiger partial charge in [0.2, 0.25) is 0 Å². The first-order chi connectivity index (χ1) is 9.36. The van der Waals surface area contributed by atoms with Crippen molar-refractivity contribution in [2.24, 2.45) is 0 Å². The standard InChI is InChI=1S/C14H16BrF3N2/c1-19-6-8-20(9-7-19)13(14(16,17)18)10-11-2-4-12(15)5-3-11/h2-5,10H,6-9H2,1H3/b13-10+. The van der Waals surface area contributed by atoms with Crippen molar-refractivity contribution >= 4 is 22.0 Å². The van der Waals surface area contributed by atoms with Gasteiger partial charge in [0.15, 0.2) is 0 Å². The first kappa shape index (κ1) is 15.4. The summed E-state index contributed by atoms with van der Waals surface area (Å²) in [4.78, 5) is 3.45. The van der Waals surface area contributed by atoms with Gasteiger partial charge in [0, 0.05) is 30.7 Å². The normalized spacial score (nSPS) is 18.4. The fraction of sp³-hybridized carbons (Fsp3) is 0.429. The van der Waals surface area contributed by atoms with E-state index in [4.69, 9.17) is 0 Å². The van der Waals surface area contributed by atoms with Crippen molar-refractivity contribution < 1.29 is 13.2 Å². The Morgan fingerprint density at radius 1 is 1.10 bits per heavy atom. The van der Waals surface area contributed by atoms with Crippen LogP contribution in [0.4, 0.5) is 13.2 Å². The highest BCUT2D eigenvalue weighted by atomic mass is 79.9. The summed E-state index contributed by atoms with van der Waals surface area (Å²) in [5.41, 5.74) is -0.00706. The van der Waals surface area contributed by atoms with E-state index in [1.165, 1.54) is 11.0 Å². The van der Waals surface area contributed by atoms with Gasteiger partial charge in [-0.2, -0.15) is 13.2 Å². The highest BCUT2D eigenvalue weighted by Gasteiger charge is 2.38. The second-order valence-corrected chi connectivity index (χ2v) is 5.78. The van der Waals surface area contributed by atoms with E-state index < -0.39 is 11.9 Å². The minimum atomic E-state index is -4.33. The van der Waals surface area contributed by atoms with Crippen LogP contribution in [0.3, 0.4) is 0 Å². The molecule has 0 amide bonds. The first-order valence-electron chi connectivity index (χ1n) is 6.34. The molecule has 20 heavy (non-hydrogen) atoms. The van der Waals surface area contributed by atoms with Crippen LogP contribution >= 0.6 is 15.9 Å². The third-order valence-corrected chi connectivity index (χ3v) is 3.84. The minimum absolute atomic E-state index is 0.401. The Kier molecular flexibility index (Phi) is 4.75. The van der Waals surface area contributed by atoms with E-state index in [-0.39, 0.29) is 0 Å². The Hall–Kier alpha value is -1.01. The monoisotopic (exact) mass is 348 g/mol. The summed E-state index contributed by atoms with van der Waals surface area (Å²) in [6, 6.07) is 6.82. The Labute approximate surface area is 125 Å². The van der Waals surface area contributed by atoms with E-state index in [9.17, 15) is 13.2 Å². The lowest BCUT2D eigenvalue weighted by Crippen LogP contribution is -2.46. The summed E-state index contributed by atoms with van der Waals surface area (Å²) in [5.74, 6) is 0. The number of hydrogen-bond acceptors (Lipinski definition) is 2. The average Bonchev–Trinajstić information content (AvgIpc) is 2.38. The van der Waals surface area contributed by atoms with Gasteiger partial charge in [-0.25, -0.2) is 0 Å². The van der Waals surface area contributed by atoms with E-state index >= 15 is 0 Å². The van der Waals surface area contributed by atoms with Gasteiger partial charge in [0.1, 0.15) is 5.70 Å². The summed E-state index contributed by atoms with van der Waals surface area (Å²) >= 11 is 3.28. The van der Waals surface area contributed by atoms with E-state index in [0.29, 0.717) is 31.7 Å². The molecule has 2 nitrogen and oxygen atoms in total. The number of rotatable bonds is 2. The number of piperazine rings is 1. The third-order valence-electron chi connectivity index (χ3n) is 3.31. The zero-order chi connectivity index (χ0) is 14.8. The van der Waals surface area contributed by atoms with Crippen molar-refractivity contribution in [2.75, 3.05) is 33.2 Å². The lowest BCUT2D eigenvalue weighted by molar-refractivity contribution is -0.112. The molecule has 0 N–H and O–H groups in total. The van der Waals surface area contributed by atoms with Gasteiger partial charge in [-0.1, -0.05) is 28.1 Å². The van der Waals surface area contributed by atoms with Crippen molar-refractivity contribution in [3.05, 3.63) is 40.0 Å². The Bertz CT molecular complexity index is 474. The van der Waals surface area contributed by atoms with Gasteiger partial charge in [-0.15, -0.1) is 0 Å². The topological polar surface area (TPSA) is 6.48 Å². The van der Waals surface area contributed by atoms with Crippen LogP contribution in [0.25, 0.3) is 6.08 Å². The van der Waals surface area contributed by atoms with Crippen LogP contribution < -0.4 is 0 Å². The van der Waals surface area contributed by atoms with Crippen molar-refractivity contribution in [1.29, 1.82) is 0 Å². The fourth-order valence-corrected chi connectivity index (χ4v) is 2.38. The molecule has 6 heteroatoms. The largest absolute Gasteiger partial charge is 0.431 e. The molecule has 1 saturated heterocycles. The maximum absolute atomic E-state index is 13.2. The maximum atomic E-state index is 13.2. The third kappa shape index (κ3) is 3.99. The first-order valence-corrected chi connectivity index (χ1v) is 7.13. The van der Waals surface area contributed by atoms with Gasteiger partial charge in [-0.3, -0.25) is 0 Å². The molecule has 0 radical (unpaired) electrons. The number of benzene rings is 1. The smallest absolute Gasteiger partial charge is 0.365 e. The molecule has 0 atom stereocenters. The summed E-state index contributed by atoms with van der Waals surface area (Å²) in [7, 11) is 1.92. The lowest BCUT2D eigenvalue weighted by Gasteiger charge is -2.36. The molecular formula is C14H16BrF3N2. The maximum Gasteiger partial charge on any atom is 0.431 e. The average molecular weight is 349 g/mol. The van der Waals surface area contributed by atoms with Gasteiger partial charge in [0.25, 0.3) is 0 Å². The fourth-order valence-electron chi connectivity index (χ4n) is 2.12. The van der Waals surface area contributed by atoms with Crippen LogP contribution in [-0.4, -0.2) is 49.2 Å². The van der Waals surface area contributed by atoms with Crippen LogP contribution in [0.15, 0.2) is 34.4 Å². The second-order valence-electron chi connectivity index (χ2n) is 4.87. The van der Waals surface area contributed by atoms with Gasteiger partial charge >= 0.3 is 6.18 Å². The predicted molar refractivity (Wildman–Crippen MR) is 77.2 cm³/mol. The Morgan fingerprint density at radius 2 is 1.65 bits per heavy atom. The zero-order valence-electron chi connectivity index (χ0n) is 11.1. The number of alkyl halides is 3. The van der Waals surface area contributed by atoms with Gasteiger partial charge in [-0.05, 0) is 30.8 Å². The van der Waals surface area contributed by atoms with Crippen molar-refractivity contribution in [3.63, 3.8) is 0 Å². The zero-order valence-corrected chi connectivity index (χ0v) is 12.7. The summed E-state index contributed by atoms with van der Waals surface area (Å²) in [6.07, 6.45) is -3.11. The molecule has 1 aliphatic heterocycles. The number of allylic oxidation sites excluding steroid dienone is 1. The van der Waals surface area contributed by atoms with Crippen molar-refractivity contribution in [2.45, 2.75) is 6.18 Å². The molecule has 1 aromatic rings. The van der Waals surface area contributed by atoms with Crippen LogP contribution in [0.5, 0.6) is 0 Å². The summed E-state index contributed by atoms with van der Waals surface area (Å²) in [5, 5.41) is 0. The van der Waals surface area contributed by atoms with Gasteiger partial charge in [0.05, 0.1) is 0 Å². The second kappa shape index (κ2) is 6.18. The molecule has 0 bridgehead atoms. The quantitative estimate of drug-likeness (QED) is 0.805. The number of hydrogen-bond donors (Lipinski definition) is 0. The Morgan fingerprint density at radius 3 is 2.15 bits per heavy atom. The van der Waals surface area contributed by atoms with E-state index in [1.807, 2.05) is 11.9 Å². The molecule has 110 valence electrons. The number of likely N-dealkylation sites (N-methyl/N-ethyl adjacent to an activating group) is 1. The van der Waals surface area contributed by atoms with Crippen LogP contribution in [-0.2, 0) is 0 Å².